The van der Waals surface area contributed by atoms with Crippen LogP contribution in [0.15, 0.2) is 0 Å². The minimum Gasteiger partial charge on any atom is -0.436 e. The van der Waals surface area contributed by atoms with Crippen LogP contribution in [0.2, 0.25) is 0 Å². The highest BCUT2D eigenvalue weighted by Gasteiger charge is 2.35. The predicted molar refractivity (Wildman–Crippen MR) is 84.8 cm³/mol. The van der Waals surface area contributed by atoms with Gasteiger partial charge in [0.1, 0.15) is 0 Å². The number of rotatable bonds is 4. The maximum Gasteiger partial charge on any atom is 0.311 e. The molecule has 3 fully saturated rings. The molecule has 0 aromatic heterocycles. The van der Waals surface area contributed by atoms with Crippen molar-refractivity contribution in [2.24, 2.45) is 11.8 Å². The van der Waals surface area contributed by atoms with Crippen molar-refractivity contribution in [1.29, 1.82) is 0 Å². The van der Waals surface area contributed by atoms with Crippen LogP contribution in [-0.2, 0) is 28.5 Å². The molecule has 0 amide bonds. The topological polar surface area (TPSA) is 71.1 Å². The van der Waals surface area contributed by atoms with E-state index in [-0.39, 0.29) is 23.8 Å². The van der Waals surface area contributed by atoms with Gasteiger partial charge < -0.3 is 18.9 Å². The lowest BCUT2D eigenvalue weighted by Gasteiger charge is -2.30. The van der Waals surface area contributed by atoms with Crippen molar-refractivity contribution in [1.82, 2.24) is 0 Å². The van der Waals surface area contributed by atoms with Crippen molar-refractivity contribution in [2.75, 3.05) is 13.2 Å². The molecule has 6 heteroatoms. The molecule has 1 aliphatic carbocycles. The molecule has 2 unspecified atom stereocenters. The molecule has 3 rings (SSSR count). The average Bonchev–Trinajstić information content (AvgIpc) is 2.63. The summed E-state index contributed by atoms with van der Waals surface area (Å²) in [6.45, 7) is 1.30. The number of hydrogen-bond donors (Lipinski definition) is 0. The van der Waals surface area contributed by atoms with Gasteiger partial charge in [-0.3, -0.25) is 9.59 Å². The molecule has 0 spiro atoms. The quantitative estimate of drug-likeness (QED) is 0.733. The minimum absolute atomic E-state index is 0.228. The Hall–Kier alpha value is -1.14. The molecule has 2 aliphatic heterocycles. The standard InChI is InChI=1S/C18H28O6/c19-17(23-15-8-1-3-10-21-15)13-6-5-7-14(12-13)18(20)24-16-9-2-4-11-22-16/h13-16H,1-12H2/t13-,14-,15?,16?/m0/s1. The molecule has 4 atom stereocenters. The zero-order valence-corrected chi connectivity index (χ0v) is 14.2. The Kier molecular flexibility index (Phi) is 6.49. The Morgan fingerprint density at radius 3 is 1.58 bits per heavy atom. The normalized spacial score (nSPS) is 34.3. The third-order valence-electron chi connectivity index (χ3n) is 5.11. The summed E-state index contributed by atoms with van der Waals surface area (Å²) < 4.78 is 21.9. The number of carbonyl (C=O) groups is 2. The first-order valence-corrected chi connectivity index (χ1v) is 9.36. The smallest absolute Gasteiger partial charge is 0.311 e. The van der Waals surface area contributed by atoms with Gasteiger partial charge in [0.15, 0.2) is 0 Å². The summed E-state index contributed by atoms with van der Waals surface area (Å²) in [5.74, 6) is -0.912. The van der Waals surface area contributed by atoms with E-state index in [0.29, 0.717) is 19.6 Å². The van der Waals surface area contributed by atoms with Gasteiger partial charge in [0, 0.05) is 12.8 Å². The first-order chi connectivity index (χ1) is 11.7. The third-order valence-corrected chi connectivity index (χ3v) is 5.11. The Morgan fingerprint density at radius 2 is 1.17 bits per heavy atom. The predicted octanol–water partition coefficient (Wildman–Crippen LogP) is 2.93. The van der Waals surface area contributed by atoms with Crippen molar-refractivity contribution in [2.45, 2.75) is 76.8 Å². The second kappa shape index (κ2) is 8.81. The first-order valence-electron chi connectivity index (χ1n) is 9.36. The van der Waals surface area contributed by atoms with E-state index >= 15 is 0 Å². The van der Waals surface area contributed by atoms with Crippen LogP contribution in [-0.4, -0.2) is 37.7 Å². The van der Waals surface area contributed by atoms with Crippen molar-refractivity contribution >= 4 is 11.9 Å². The Morgan fingerprint density at radius 1 is 0.667 bits per heavy atom. The SMILES string of the molecule is O=C(OC1CCCCO1)[C@H]1CCC[C@H](C(=O)OC2CCCCO2)C1. The van der Waals surface area contributed by atoms with Gasteiger partial charge in [0.25, 0.3) is 0 Å². The molecule has 0 radical (unpaired) electrons. The molecule has 3 aliphatic rings. The maximum atomic E-state index is 12.3. The average molecular weight is 340 g/mol. The summed E-state index contributed by atoms with van der Waals surface area (Å²) in [4.78, 5) is 24.7. The van der Waals surface area contributed by atoms with Crippen molar-refractivity contribution in [3.05, 3.63) is 0 Å². The fourth-order valence-corrected chi connectivity index (χ4v) is 3.68. The molecule has 0 aromatic carbocycles. The van der Waals surface area contributed by atoms with Crippen molar-refractivity contribution in [3.8, 4) is 0 Å². The lowest BCUT2D eigenvalue weighted by atomic mass is 9.81. The van der Waals surface area contributed by atoms with Gasteiger partial charge in [0.05, 0.1) is 25.0 Å². The van der Waals surface area contributed by atoms with Crippen molar-refractivity contribution < 1.29 is 28.5 Å². The minimum atomic E-state index is -0.408. The van der Waals surface area contributed by atoms with Crippen LogP contribution < -0.4 is 0 Å². The van der Waals surface area contributed by atoms with Crippen molar-refractivity contribution in [3.63, 3.8) is 0 Å². The van der Waals surface area contributed by atoms with E-state index < -0.39 is 12.6 Å². The van der Waals surface area contributed by atoms with E-state index in [9.17, 15) is 9.59 Å². The van der Waals surface area contributed by atoms with E-state index in [1.165, 1.54) is 0 Å². The van der Waals surface area contributed by atoms with Crippen LogP contribution in [0.3, 0.4) is 0 Å². The molecule has 2 saturated heterocycles. The molecule has 2 heterocycles. The second-order valence-corrected chi connectivity index (χ2v) is 7.03. The molecule has 24 heavy (non-hydrogen) atoms. The highest BCUT2D eigenvalue weighted by molar-refractivity contribution is 5.76. The number of carbonyl (C=O) groups excluding carboxylic acids is 2. The molecular weight excluding hydrogens is 312 g/mol. The molecular formula is C18H28O6. The summed E-state index contributed by atoms with van der Waals surface area (Å²) in [6.07, 6.45) is 7.72. The first kappa shape index (κ1) is 17.7. The van der Waals surface area contributed by atoms with E-state index in [1.54, 1.807) is 0 Å². The third kappa shape index (κ3) is 4.93. The van der Waals surface area contributed by atoms with E-state index in [1.807, 2.05) is 0 Å². The van der Waals surface area contributed by atoms with Gasteiger partial charge >= 0.3 is 11.9 Å². The maximum absolute atomic E-state index is 12.3. The summed E-state index contributed by atoms with van der Waals surface area (Å²) in [5.41, 5.74) is 0. The molecule has 1 saturated carbocycles. The van der Waals surface area contributed by atoms with Crippen LogP contribution in [0.4, 0.5) is 0 Å². The second-order valence-electron chi connectivity index (χ2n) is 7.03. The van der Waals surface area contributed by atoms with Crippen LogP contribution in [0.1, 0.15) is 64.2 Å². The van der Waals surface area contributed by atoms with Crippen LogP contribution >= 0.6 is 0 Å². The monoisotopic (exact) mass is 340 g/mol. The highest BCUT2D eigenvalue weighted by Crippen LogP contribution is 2.32. The van der Waals surface area contributed by atoms with Gasteiger partial charge in [-0.25, -0.2) is 0 Å². The van der Waals surface area contributed by atoms with Crippen LogP contribution in [0.5, 0.6) is 0 Å². The summed E-state index contributed by atoms with van der Waals surface area (Å²) in [5, 5.41) is 0. The molecule has 0 bridgehead atoms. The van der Waals surface area contributed by atoms with Crippen LogP contribution in [0, 0.1) is 11.8 Å². The summed E-state index contributed by atoms with van der Waals surface area (Å²) in [7, 11) is 0. The largest absolute Gasteiger partial charge is 0.436 e. The lowest BCUT2D eigenvalue weighted by Crippen LogP contribution is -2.35. The van der Waals surface area contributed by atoms with Gasteiger partial charge in [-0.15, -0.1) is 0 Å². The zero-order valence-electron chi connectivity index (χ0n) is 14.2. The van der Waals surface area contributed by atoms with E-state index in [4.69, 9.17) is 18.9 Å². The fraction of sp³-hybridized carbons (Fsp3) is 0.889. The molecule has 0 aromatic rings. The van der Waals surface area contributed by atoms with Gasteiger partial charge in [-0.1, -0.05) is 6.42 Å². The summed E-state index contributed by atoms with van der Waals surface area (Å²) in [6, 6.07) is 0. The van der Waals surface area contributed by atoms with Gasteiger partial charge in [0.2, 0.25) is 12.6 Å². The van der Waals surface area contributed by atoms with E-state index in [2.05, 4.69) is 0 Å². The Labute approximate surface area is 143 Å². The molecule has 0 N–H and O–H groups in total. The lowest BCUT2D eigenvalue weighted by molar-refractivity contribution is -0.196. The zero-order chi connectivity index (χ0) is 16.8. The number of hydrogen-bond acceptors (Lipinski definition) is 6. The summed E-state index contributed by atoms with van der Waals surface area (Å²) >= 11 is 0. The highest BCUT2D eigenvalue weighted by atomic mass is 16.7. The number of ether oxygens (including phenoxy) is 4. The van der Waals surface area contributed by atoms with Crippen LogP contribution in [0.25, 0.3) is 0 Å². The Balaban J connectivity index is 1.45. The van der Waals surface area contributed by atoms with Gasteiger partial charge in [-0.2, -0.15) is 0 Å². The van der Waals surface area contributed by atoms with Gasteiger partial charge in [-0.05, 0) is 44.9 Å². The Bertz CT molecular complexity index is 387. The molecule has 136 valence electrons. The fourth-order valence-electron chi connectivity index (χ4n) is 3.68. The number of esters is 2. The molecule has 6 nitrogen and oxygen atoms in total. The van der Waals surface area contributed by atoms with E-state index in [0.717, 1.165) is 57.8 Å².